The Hall–Kier alpha value is -3.14. The second kappa shape index (κ2) is 4.85. The Kier molecular flexibility index (Phi) is 2.89. The summed E-state index contributed by atoms with van der Waals surface area (Å²) in [5, 5.41) is 12.0. The second-order valence-electron chi connectivity index (χ2n) is 4.08. The molecule has 1 aromatic carbocycles. The summed E-state index contributed by atoms with van der Waals surface area (Å²) in [5.41, 5.74) is 2.31. The van der Waals surface area contributed by atoms with Crippen molar-refractivity contribution in [3.8, 4) is 6.19 Å². The lowest BCUT2D eigenvalue weighted by molar-refractivity contribution is 0.602. The monoisotopic (exact) mass is 266 g/mol. The minimum Gasteiger partial charge on any atom is -0.443 e. The predicted molar refractivity (Wildman–Crippen MR) is 73.3 cm³/mol. The van der Waals surface area contributed by atoms with E-state index in [2.05, 4.69) is 20.3 Å². The van der Waals surface area contributed by atoms with Crippen LogP contribution in [-0.2, 0) is 0 Å². The van der Waals surface area contributed by atoms with Gasteiger partial charge < -0.3 is 9.73 Å². The topological polar surface area (TPSA) is 90.9 Å². The molecule has 1 N–H and O–H groups in total. The summed E-state index contributed by atoms with van der Waals surface area (Å²) < 4.78 is 5.24. The van der Waals surface area contributed by atoms with Crippen LogP contribution in [-0.4, -0.2) is 22.0 Å². The zero-order valence-corrected chi connectivity index (χ0v) is 10.6. The van der Waals surface area contributed by atoms with Gasteiger partial charge in [0.2, 0.25) is 0 Å². The van der Waals surface area contributed by atoms with Gasteiger partial charge in [-0.15, -0.1) is 0 Å². The van der Waals surface area contributed by atoms with Gasteiger partial charge >= 0.3 is 0 Å². The van der Waals surface area contributed by atoms with Crippen molar-refractivity contribution in [1.29, 1.82) is 5.26 Å². The van der Waals surface area contributed by atoms with Crippen LogP contribution >= 0.6 is 0 Å². The van der Waals surface area contributed by atoms with Gasteiger partial charge in [-0.2, -0.15) is 5.26 Å². The largest absolute Gasteiger partial charge is 0.443 e. The van der Waals surface area contributed by atoms with E-state index in [4.69, 9.17) is 9.68 Å². The van der Waals surface area contributed by atoms with E-state index in [1.54, 1.807) is 13.1 Å². The Morgan fingerprint density at radius 1 is 1.25 bits per heavy atom. The van der Waals surface area contributed by atoms with Crippen molar-refractivity contribution in [2.75, 3.05) is 17.3 Å². The number of fused-ring (bicyclic) bond motifs is 1. The molecule has 0 radical (unpaired) electrons. The van der Waals surface area contributed by atoms with Gasteiger partial charge in [-0.3, -0.25) is 4.90 Å². The quantitative estimate of drug-likeness (QED) is 0.574. The van der Waals surface area contributed by atoms with Gasteiger partial charge in [0.15, 0.2) is 18.2 Å². The summed E-state index contributed by atoms with van der Waals surface area (Å²) in [6, 6.07) is 7.25. The molecule has 2 heterocycles. The number of aromatic nitrogens is 3. The highest BCUT2D eigenvalue weighted by Crippen LogP contribution is 2.21. The van der Waals surface area contributed by atoms with Crippen LogP contribution < -0.4 is 10.2 Å². The normalized spacial score (nSPS) is 10.2. The summed E-state index contributed by atoms with van der Waals surface area (Å²) in [6.07, 6.45) is 4.79. The van der Waals surface area contributed by atoms with Crippen molar-refractivity contribution >= 4 is 28.4 Å². The van der Waals surface area contributed by atoms with Gasteiger partial charge in [0.1, 0.15) is 23.5 Å². The molecule has 0 amide bonds. The van der Waals surface area contributed by atoms with E-state index in [0.717, 1.165) is 11.2 Å². The predicted octanol–water partition coefficient (Wildman–Crippen LogP) is 2.28. The van der Waals surface area contributed by atoms with E-state index in [-0.39, 0.29) is 0 Å². The number of rotatable bonds is 3. The first-order valence-corrected chi connectivity index (χ1v) is 5.82. The summed E-state index contributed by atoms with van der Waals surface area (Å²) in [7, 11) is 1.63. The number of nitrogens with zero attached hydrogens (tertiary/aromatic N) is 5. The third-order valence-corrected chi connectivity index (χ3v) is 2.75. The molecular weight excluding hydrogens is 256 g/mol. The van der Waals surface area contributed by atoms with Gasteiger partial charge in [-0.1, -0.05) is 0 Å². The molecule has 3 rings (SSSR count). The van der Waals surface area contributed by atoms with Crippen LogP contribution in [0.15, 0.2) is 41.4 Å². The fraction of sp³-hybridized carbons (Fsp3) is 0.0769. The minimum absolute atomic E-state index is 0.519. The van der Waals surface area contributed by atoms with E-state index >= 15 is 0 Å². The summed E-state index contributed by atoms with van der Waals surface area (Å²) in [6.45, 7) is 0. The van der Waals surface area contributed by atoms with Gasteiger partial charge in [0, 0.05) is 24.9 Å². The molecule has 0 spiro atoms. The van der Waals surface area contributed by atoms with E-state index in [9.17, 15) is 0 Å². The average molecular weight is 266 g/mol. The highest BCUT2D eigenvalue weighted by Gasteiger charge is 2.05. The van der Waals surface area contributed by atoms with Crippen molar-refractivity contribution < 1.29 is 4.42 Å². The van der Waals surface area contributed by atoms with E-state index < -0.39 is 0 Å². The Labute approximate surface area is 114 Å². The first-order valence-electron chi connectivity index (χ1n) is 5.82. The Morgan fingerprint density at radius 3 is 3.00 bits per heavy atom. The Balaban J connectivity index is 1.88. The maximum Gasteiger partial charge on any atom is 0.185 e. The number of hydrogen-bond donors (Lipinski definition) is 1. The molecule has 0 atom stereocenters. The van der Waals surface area contributed by atoms with Crippen LogP contribution in [0, 0.1) is 11.5 Å². The third-order valence-electron chi connectivity index (χ3n) is 2.75. The smallest absolute Gasteiger partial charge is 0.185 e. The number of hydrogen-bond acceptors (Lipinski definition) is 7. The second-order valence-corrected chi connectivity index (χ2v) is 4.08. The molecular formula is C13H10N6O. The SMILES string of the molecule is CN(C#N)c1cc(Nc2ccc3ncoc3c2)ncn1. The molecule has 0 saturated carbocycles. The number of oxazole rings is 1. The molecule has 0 aliphatic rings. The maximum atomic E-state index is 8.84. The van der Waals surface area contributed by atoms with Crippen LogP contribution in [0.1, 0.15) is 0 Å². The summed E-state index contributed by atoms with van der Waals surface area (Å²) >= 11 is 0. The first kappa shape index (κ1) is 11.9. The van der Waals surface area contributed by atoms with Crippen molar-refractivity contribution in [3.05, 3.63) is 37.0 Å². The van der Waals surface area contributed by atoms with Crippen molar-refractivity contribution in [1.82, 2.24) is 15.0 Å². The highest BCUT2D eigenvalue weighted by molar-refractivity contribution is 5.78. The number of benzene rings is 1. The van der Waals surface area contributed by atoms with Gasteiger partial charge in [0.05, 0.1) is 0 Å². The van der Waals surface area contributed by atoms with Crippen molar-refractivity contribution in [2.24, 2.45) is 0 Å². The fourth-order valence-electron chi connectivity index (χ4n) is 1.73. The molecule has 0 aliphatic carbocycles. The van der Waals surface area contributed by atoms with E-state index in [1.807, 2.05) is 24.4 Å². The van der Waals surface area contributed by atoms with Crippen LogP contribution in [0.25, 0.3) is 11.1 Å². The molecule has 7 heteroatoms. The lowest BCUT2D eigenvalue weighted by Crippen LogP contribution is -2.10. The van der Waals surface area contributed by atoms with Crippen LogP contribution in [0.2, 0.25) is 0 Å². The number of nitriles is 1. The van der Waals surface area contributed by atoms with Crippen LogP contribution in [0.4, 0.5) is 17.3 Å². The molecule has 0 fully saturated rings. The molecule has 0 saturated heterocycles. The van der Waals surface area contributed by atoms with Gasteiger partial charge in [-0.05, 0) is 12.1 Å². The lowest BCUT2D eigenvalue weighted by Gasteiger charge is -2.09. The van der Waals surface area contributed by atoms with Crippen molar-refractivity contribution in [3.63, 3.8) is 0 Å². The highest BCUT2D eigenvalue weighted by atomic mass is 16.3. The zero-order valence-electron chi connectivity index (χ0n) is 10.6. The standard InChI is InChI=1S/C13H10N6O/c1-19(6-14)13-5-12(15-7-16-13)18-9-2-3-10-11(4-9)20-8-17-10/h2-5,7-8H,1H3,(H,15,16,18). The van der Waals surface area contributed by atoms with E-state index in [0.29, 0.717) is 17.2 Å². The number of anilines is 3. The Bertz CT molecular complexity index is 791. The molecule has 0 aliphatic heterocycles. The molecule has 98 valence electrons. The molecule has 3 aromatic rings. The maximum absolute atomic E-state index is 8.84. The van der Waals surface area contributed by atoms with Gasteiger partial charge in [-0.25, -0.2) is 15.0 Å². The molecule has 0 unspecified atom stereocenters. The van der Waals surface area contributed by atoms with Gasteiger partial charge in [0.25, 0.3) is 0 Å². The number of nitrogens with one attached hydrogen (secondary N) is 1. The summed E-state index contributed by atoms with van der Waals surface area (Å²) in [5.74, 6) is 1.11. The zero-order chi connectivity index (χ0) is 13.9. The molecule has 0 bridgehead atoms. The molecule has 20 heavy (non-hydrogen) atoms. The minimum atomic E-state index is 0.519. The molecule has 7 nitrogen and oxygen atoms in total. The average Bonchev–Trinajstić information content (AvgIpc) is 2.94. The van der Waals surface area contributed by atoms with E-state index in [1.165, 1.54) is 17.6 Å². The Morgan fingerprint density at radius 2 is 2.15 bits per heavy atom. The van der Waals surface area contributed by atoms with Crippen LogP contribution in [0.3, 0.4) is 0 Å². The third kappa shape index (κ3) is 2.22. The van der Waals surface area contributed by atoms with Crippen molar-refractivity contribution in [2.45, 2.75) is 0 Å². The van der Waals surface area contributed by atoms with Crippen LogP contribution in [0.5, 0.6) is 0 Å². The fourth-order valence-corrected chi connectivity index (χ4v) is 1.73. The summed E-state index contributed by atoms with van der Waals surface area (Å²) in [4.78, 5) is 13.5. The molecule has 2 aromatic heterocycles. The lowest BCUT2D eigenvalue weighted by atomic mass is 10.3. The first-order chi connectivity index (χ1) is 9.76.